The molecule has 0 fully saturated rings. The Bertz CT molecular complexity index is 196. The number of carbonyl (C=O) groups is 1. The molecule has 0 aromatic rings. The molecule has 0 saturated heterocycles. The predicted molar refractivity (Wildman–Crippen MR) is 70.9 cm³/mol. The van der Waals surface area contributed by atoms with Crippen LogP contribution in [0.25, 0.3) is 0 Å². The summed E-state index contributed by atoms with van der Waals surface area (Å²) in [4.78, 5) is 11.5. The Morgan fingerprint density at radius 1 is 1.06 bits per heavy atom. The van der Waals surface area contributed by atoms with Crippen LogP contribution < -0.4 is 0 Å². The average molecular weight is 255 g/mol. The first-order chi connectivity index (χ1) is 7.58. The molecule has 97 valence electrons. The molecule has 17 heavy (non-hydrogen) atoms. The number of unbranched alkanes of at least 4 members (excludes halogenated alkanes) is 2. The number of hydrogen-bond donors (Lipinski definition) is 0. The van der Waals surface area contributed by atoms with E-state index < -0.39 is 8.80 Å². The summed E-state index contributed by atoms with van der Waals surface area (Å²) >= 11 is 0. The molecular formula is C11H24LiO4Si. The van der Waals surface area contributed by atoms with Crippen molar-refractivity contribution in [1.82, 2.24) is 0 Å². The largest absolute Gasteiger partial charge is 0.564 e. The average Bonchev–Trinajstić information content (AvgIpc) is 2.18. The van der Waals surface area contributed by atoms with Crippen molar-refractivity contribution >= 4 is 33.6 Å². The van der Waals surface area contributed by atoms with Crippen LogP contribution in [0, 0.1) is 0 Å². The summed E-state index contributed by atoms with van der Waals surface area (Å²) in [5, 5.41) is 0. The van der Waals surface area contributed by atoms with Gasteiger partial charge in [0, 0.05) is 45.0 Å². The molecule has 0 atom stereocenters. The fourth-order valence-corrected chi connectivity index (χ4v) is 3.17. The molecule has 0 aromatic carbocycles. The monoisotopic (exact) mass is 255 g/mol. The molecule has 1 radical (unpaired) electrons. The van der Waals surface area contributed by atoms with E-state index >= 15 is 0 Å². The van der Waals surface area contributed by atoms with Gasteiger partial charge in [-0.05, 0) is 20.3 Å². The predicted octanol–water partition coefficient (Wildman–Crippen LogP) is 2.37. The van der Waals surface area contributed by atoms with Crippen molar-refractivity contribution in [2.45, 2.75) is 53.0 Å². The van der Waals surface area contributed by atoms with Crippen molar-refractivity contribution in [1.29, 1.82) is 0 Å². The van der Waals surface area contributed by atoms with E-state index in [1.807, 2.05) is 13.8 Å². The maximum atomic E-state index is 11.5. The summed E-state index contributed by atoms with van der Waals surface area (Å²) in [6.07, 6.45) is 3.48. The van der Waals surface area contributed by atoms with Gasteiger partial charge >= 0.3 is 8.80 Å². The Morgan fingerprint density at radius 2 is 1.59 bits per heavy atom. The zero-order valence-electron chi connectivity index (χ0n) is 11.9. The minimum Gasteiger partial charge on any atom is -0.473 e. The minimum atomic E-state index is -2.72. The van der Waals surface area contributed by atoms with Gasteiger partial charge in [0.2, 0.25) is 0 Å². The second-order valence-electron chi connectivity index (χ2n) is 3.66. The fourth-order valence-electron chi connectivity index (χ4n) is 1.40. The van der Waals surface area contributed by atoms with Gasteiger partial charge in [-0.3, -0.25) is 4.79 Å². The van der Waals surface area contributed by atoms with Gasteiger partial charge in [-0.25, -0.2) is 0 Å². The molecule has 0 amide bonds. The molecule has 0 aliphatic heterocycles. The van der Waals surface area contributed by atoms with Gasteiger partial charge in [-0.15, -0.1) is 0 Å². The van der Waals surface area contributed by atoms with Crippen LogP contribution in [0.4, 0.5) is 0 Å². The van der Waals surface area contributed by atoms with Crippen LogP contribution >= 0.6 is 0 Å². The molecule has 0 aromatic heterocycles. The quantitative estimate of drug-likeness (QED) is 0.468. The zero-order chi connectivity index (χ0) is 12.4. The third-order valence-electron chi connectivity index (χ3n) is 2.10. The topological polar surface area (TPSA) is 44.8 Å². The number of hydrogen-bond acceptors (Lipinski definition) is 4. The van der Waals surface area contributed by atoms with Gasteiger partial charge in [-0.1, -0.05) is 19.8 Å². The van der Waals surface area contributed by atoms with Crippen molar-refractivity contribution in [3.8, 4) is 0 Å². The molecule has 6 heteroatoms. The van der Waals surface area contributed by atoms with Gasteiger partial charge in [0.15, 0.2) is 0 Å². The van der Waals surface area contributed by atoms with Crippen LogP contribution in [0.2, 0.25) is 6.55 Å². The molecule has 0 aliphatic carbocycles. The fraction of sp³-hybridized carbons (Fsp3) is 0.909. The van der Waals surface area contributed by atoms with Crippen molar-refractivity contribution < 1.29 is 18.1 Å². The first kappa shape index (κ1) is 19.5. The number of rotatable bonds is 9. The van der Waals surface area contributed by atoms with Gasteiger partial charge in [0.05, 0.1) is 0 Å². The normalized spacial score (nSPS) is 10.8. The van der Waals surface area contributed by atoms with E-state index in [1.165, 1.54) is 0 Å². The van der Waals surface area contributed by atoms with Crippen LogP contribution in [-0.4, -0.2) is 46.8 Å². The standard InChI is InChI=1S/C11H24O4Si.Li/c1-5-8-9-10-11(12)15-16(4,13-6-2)14-7-3;/h5-10H2,1-4H3;. The van der Waals surface area contributed by atoms with E-state index in [2.05, 4.69) is 6.92 Å². The Hall–Kier alpha value is 0.204. The van der Waals surface area contributed by atoms with Crippen LogP contribution in [0.5, 0.6) is 0 Å². The first-order valence-corrected chi connectivity index (χ1v) is 8.30. The molecule has 0 N–H and O–H groups in total. The van der Waals surface area contributed by atoms with Crippen molar-refractivity contribution in [3.63, 3.8) is 0 Å². The van der Waals surface area contributed by atoms with E-state index in [9.17, 15) is 4.79 Å². The third-order valence-corrected chi connectivity index (χ3v) is 4.32. The number of carbonyl (C=O) groups excluding carboxylic acids is 1. The maximum absolute atomic E-state index is 11.5. The van der Waals surface area contributed by atoms with Crippen molar-refractivity contribution in [2.24, 2.45) is 0 Å². The molecule has 4 nitrogen and oxygen atoms in total. The first-order valence-electron chi connectivity index (χ1n) is 6.07. The minimum absolute atomic E-state index is 0. The van der Waals surface area contributed by atoms with Gasteiger partial charge in [0.1, 0.15) is 0 Å². The van der Waals surface area contributed by atoms with E-state index in [0.29, 0.717) is 19.6 Å². The summed E-state index contributed by atoms with van der Waals surface area (Å²) in [6.45, 7) is 8.61. The van der Waals surface area contributed by atoms with E-state index in [1.54, 1.807) is 6.55 Å². The molecular weight excluding hydrogens is 231 g/mol. The van der Waals surface area contributed by atoms with Crippen LogP contribution in [0.1, 0.15) is 46.5 Å². The zero-order valence-corrected chi connectivity index (χ0v) is 12.9. The van der Waals surface area contributed by atoms with Gasteiger partial charge in [-0.2, -0.15) is 0 Å². The molecule has 0 unspecified atom stereocenters. The molecule has 0 spiro atoms. The smallest absolute Gasteiger partial charge is 0.473 e. The van der Waals surface area contributed by atoms with Crippen LogP contribution in [0.15, 0.2) is 0 Å². The molecule has 0 rings (SSSR count). The summed E-state index contributed by atoms with van der Waals surface area (Å²) in [5.41, 5.74) is 0. The van der Waals surface area contributed by atoms with Crippen LogP contribution in [0.3, 0.4) is 0 Å². The van der Waals surface area contributed by atoms with E-state index in [-0.39, 0.29) is 24.8 Å². The Balaban J connectivity index is 0. The Kier molecular flexibility index (Phi) is 13.0. The van der Waals surface area contributed by atoms with Gasteiger partial charge < -0.3 is 13.3 Å². The summed E-state index contributed by atoms with van der Waals surface area (Å²) in [6, 6.07) is 0. The SMILES string of the molecule is CCCCCC(=O)O[Si](C)(OCC)OCC.[Li]. The second kappa shape index (κ2) is 11.3. The molecule has 0 heterocycles. The molecule has 0 bridgehead atoms. The Morgan fingerprint density at radius 3 is 2.00 bits per heavy atom. The maximum Gasteiger partial charge on any atom is 0.564 e. The summed E-state index contributed by atoms with van der Waals surface area (Å²) < 4.78 is 16.2. The molecule has 0 saturated carbocycles. The van der Waals surface area contributed by atoms with Crippen molar-refractivity contribution in [2.75, 3.05) is 13.2 Å². The summed E-state index contributed by atoms with van der Waals surface area (Å²) in [5.74, 6) is -0.204. The second-order valence-corrected chi connectivity index (χ2v) is 6.17. The van der Waals surface area contributed by atoms with E-state index in [4.69, 9.17) is 13.3 Å². The van der Waals surface area contributed by atoms with Crippen LogP contribution in [-0.2, 0) is 18.1 Å². The van der Waals surface area contributed by atoms with Gasteiger partial charge in [0.25, 0.3) is 5.97 Å². The third kappa shape index (κ3) is 9.87. The van der Waals surface area contributed by atoms with Crippen molar-refractivity contribution in [3.05, 3.63) is 0 Å². The Labute approximate surface area is 118 Å². The molecule has 0 aliphatic rings. The van der Waals surface area contributed by atoms with E-state index in [0.717, 1.165) is 19.3 Å². The summed E-state index contributed by atoms with van der Waals surface area (Å²) in [7, 11) is -2.72.